The normalized spacial score (nSPS) is 11.9. The fourth-order valence-electron chi connectivity index (χ4n) is 3.39. The average Bonchev–Trinajstić information content (AvgIpc) is 2.82. The van der Waals surface area contributed by atoms with Gasteiger partial charge in [0.25, 0.3) is 5.91 Å². The van der Waals surface area contributed by atoms with Crippen molar-refractivity contribution < 1.29 is 27.0 Å². The topological polar surface area (TPSA) is 143 Å². The Balaban J connectivity index is 0.00000342. The van der Waals surface area contributed by atoms with Crippen LogP contribution in [0.5, 0.6) is 0 Å². The molecule has 0 spiro atoms. The number of carbonyl (C=O) groups is 2. The molecule has 0 fully saturated rings. The van der Waals surface area contributed by atoms with E-state index < -0.39 is 40.0 Å². The van der Waals surface area contributed by atoms with Crippen molar-refractivity contribution in [3.05, 3.63) is 95.6 Å². The molecule has 0 aliphatic heterocycles. The van der Waals surface area contributed by atoms with Crippen LogP contribution >= 0.6 is 24.8 Å². The molecule has 0 aliphatic carbocycles. The average molecular weight is 573 g/mol. The zero-order valence-corrected chi connectivity index (χ0v) is 22.3. The van der Waals surface area contributed by atoms with Gasteiger partial charge in [0.05, 0.1) is 12.0 Å². The molecule has 0 saturated heterocycles. The lowest BCUT2D eigenvalue weighted by Crippen LogP contribution is -2.48. The standard InChI is InChI=1S/C24H25FN4O5S.2ClH/c1-24(2,18-7-9-19(25)10-8-18)23(31)29(35(32,33)34)15-21(26)16-3-5-17(6-4-16)22(30)28-20-11-13-27-14-12-20;;/h3-14,21H,15,26H2,1-2H3,(H,27,28,30)(H,32,33,34);2*1H. The summed E-state index contributed by atoms with van der Waals surface area (Å²) in [5.41, 5.74) is 6.44. The van der Waals surface area contributed by atoms with Crippen LogP contribution in [0, 0.1) is 5.82 Å². The lowest BCUT2D eigenvalue weighted by molar-refractivity contribution is -0.131. The number of halogens is 3. The molecule has 9 nitrogen and oxygen atoms in total. The third kappa shape index (κ3) is 7.94. The first-order valence-electron chi connectivity index (χ1n) is 10.5. The van der Waals surface area contributed by atoms with E-state index in [0.717, 1.165) is 12.1 Å². The zero-order valence-electron chi connectivity index (χ0n) is 19.9. The maximum absolute atomic E-state index is 13.3. The van der Waals surface area contributed by atoms with Crippen molar-refractivity contribution in [3.8, 4) is 0 Å². The maximum atomic E-state index is 13.3. The van der Waals surface area contributed by atoms with Crippen LogP contribution in [0.15, 0.2) is 73.1 Å². The monoisotopic (exact) mass is 572 g/mol. The quantitative estimate of drug-likeness (QED) is 0.347. The Morgan fingerprint density at radius 3 is 2.08 bits per heavy atom. The van der Waals surface area contributed by atoms with Crippen LogP contribution in [-0.2, 0) is 20.5 Å². The van der Waals surface area contributed by atoms with E-state index in [4.69, 9.17) is 5.73 Å². The lowest BCUT2D eigenvalue weighted by atomic mass is 9.83. The van der Waals surface area contributed by atoms with Gasteiger partial charge in [-0.2, -0.15) is 8.42 Å². The number of pyridine rings is 1. The molecule has 0 radical (unpaired) electrons. The highest BCUT2D eigenvalue weighted by molar-refractivity contribution is 7.84. The van der Waals surface area contributed by atoms with Crippen molar-refractivity contribution in [2.24, 2.45) is 5.73 Å². The molecular formula is C24H27Cl2FN4O5S. The number of anilines is 1. The zero-order chi connectivity index (χ0) is 25.8. The number of amides is 2. The van der Waals surface area contributed by atoms with E-state index in [2.05, 4.69) is 10.3 Å². The van der Waals surface area contributed by atoms with E-state index in [-0.39, 0.29) is 30.7 Å². The van der Waals surface area contributed by atoms with Crippen LogP contribution in [0.4, 0.5) is 10.1 Å². The van der Waals surface area contributed by atoms with Crippen molar-refractivity contribution >= 4 is 52.6 Å². The molecule has 0 aliphatic rings. The number of nitrogens with zero attached hydrogens (tertiary/aromatic N) is 2. The number of aromatic nitrogens is 1. The van der Waals surface area contributed by atoms with Gasteiger partial charge in [-0.1, -0.05) is 24.3 Å². The second-order valence-corrected chi connectivity index (χ2v) is 9.70. The Labute approximate surface area is 227 Å². The van der Waals surface area contributed by atoms with Gasteiger partial charge in [0.1, 0.15) is 5.82 Å². The lowest BCUT2D eigenvalue weighted by Gasteiger charge is -2.31. The summed E-state index contributed by atoms with van der Waals surface area (Å²) in [6.45, 7) is 2.37. The molecular weight excluding hydrogens is 546 g/mol. The number of hydrogen-bond donors (Lipinski definition) is 3. The van der Waals surface area contributed by atoms with Crippen molar-refractivity contribution in [3.63, 3.8) is 0 Å². The fourth-order valence-corrected chi connectivity index (χ4v) is 4.17. The first kappa shape index (κ1) is 31.9. The van der Waals surface area contributed by atoms with Gasteiger partial charge in [-0.25, -0.2) is 8.70 Å². The van der Waals surface area contributed by atoms with Crippen molar-refractivity contribution in [2.75, 3.05) is 11.9 Å². The Morgan fingerprint density at radius 1 is 1.03 bits per heavy atom. The summed E-state index contributed by atoms with van der Waals surface area (Å²) in [5.74, 6) is -1.81. The van der Waals surface area contributed by atoms with E-state index in [0.29, 0.717) is 26.7 Å². The SMILES string of the molecule is CC(C)(C(=O)N(CC(N)c1ccc(C(=O)Nc2ccncc2)cc1)S(=O)(=O)O)c1ccc(F)cc1.Cl.Cl. The smallest absolute Gasteiger partial charge is 0.322 e. The molecule has 200 valence electrons. The van der Waals surface area contributed by atoms with Gasteiger partial charge >= 0.3 is 10.3 Å². The summed E-state index contributed by atoms with van der Waals surface area (Å²) >= 11 is 0. The second-order valence-electron chi connectivity index (χ2n) is 8.36. The number of nitrogens with two attached hydrogens (primary N) is 1. The fraction of sp³-hybridized carbons (Fsp3) is 0.208. The predicted octanol–water partition coefficient (Wildman–Crippen LogP) is 3.93. The van der Waals surface area contributed by atoms with Gasteiger partial charge in [0.2, 0.25) is 5.91 Å². The number of hydrogen-bond acceptors (Lipinski definition) is 6. The molecule has 0 saturated carbocycles. The summed E-state index contributed by atoms with van der Waals surface area (Å²) in [6, 6.07) is 13.4. The van der Waals surface area contributed by atoms with E-state index in [1.54, 1.807) is 12.1 Å². The molecule has 1 atom stereocenters. The van der Waals surface area contributed by atoms with Gasteiger partial charge < -0.3 is 11.1 Å². The first-order valence-corrected chi connectivity index (χ1v) is 11.9. The van der Waals surface area contributed by atoms with Crippen molar-refractivity contribution in [1.82, 2.24) is 9.29 Å². The van der Waals surface area contributed by atoms with Crippen LogP contribution in [-0.4, -0.2) is 40.6 Å². The van der Waals surface area contributed by atoms with Crippen LogP contribution in [0.2, 0.25) is 0 Å². The molecule has 0 bridgehead atoms. The highest BCUT2D eigenvalue weighted by atomic mass is 35.5. The predicted molar refractivity (Wildman–Crippen MR) is 143 cm³/mol. The summed E-state index contributed by atoms with van der Waals surface area (Å²) < 4.78 is 47.5. The van der Waals surface area contributed by atoms with Gasteiger partial charge in [-0.15, -0.1) is 24.8 Å². The number of nitrogens with one attached hydrogen (secondary N) is 1. The number of rotatable bonds is 8. The molecule has 3 aromatic rings. The molecule has 37 heavy (non-hydrogen) atoms. The Morgan fingerprint density at radius 2 is 1.57 bits per heavy atom. The minimum Gasteiger partial charge on any atom is -0.322 e. The van der Waals surface area contributed by atoms with Gasteiger partial charge in [-0.3, -0.25) is 19.1 Å². The molecule has 3 rings (SSSR count). The highest BCUT2D eigenvalue weighted by Gasteiger charge is 2.39. The van der Waals surface area contributed by atoms with Crippen LogP contribution in [0.1, 0.15) is 41.4 Å². The van der Waals surface area contributed by atoms with Gasteiger partial charge in [0.15, 0.2) is 0 Å². The summed E-state index contributed by atoms with van der Waals surface area (Å²) in [6.07, 6.45) is 3.08. The second kappa shape index (κ2) is 12.9. The minimum absolute atomic E-state index is 0. The number of carbonyl (C=O) groups excluding carboxylic acids is 2. The van der Waals surface area contributed by atoms with E-state index in [9.17, 15) is 27.0 Å². The van der Waals surface area contributed by atoms with Crippen molar-refractivity contribution in [1.29, 1.82) is 0 Å². The molecule has 4 N–H and O–H groups in total. The minimum atomic E-state index is -4.96. The van der Waals surface area contributed by atoms with Crippen molar-refractivity contribution in [2.45, 2.75) is 25.3 Å². The van der Waals surface area contributed by atoms with E-state index in [1.807, 2.05) is 0 Å². The first-order chi connectivity index (χ1) is 16.4. The summed E-state index contributed by atoms with van der Waals surface area (Å²) in [4.78, 5) is 29.4. The van der Waals surface area contributed by atoms with Gasteiger partial charge in [-0.05, 0) is 61.4 Å². The third-order valence-corrected chi connectivity index (χ3v) is 6.38. The van der Waals surface area contributed by atoms with Crippen LogP contribution in [0.3, 0.4) is 0 Å². The summed E-state index contributed by atoms with van der Waals surface area (Å²) in [5, 5.41) is 2.71. The van der Waals surface area contributed by atoms with E-state index in [1.165, 1.54) is 62.6 Å². The molecule has 1 aromatic heterocycles. The Hall–Kier alpha value is -3.09. The maximum Gasteiger partial charge on any atom is 0.362 e. The molecule has 2 aromatic carbocycles. The molecule has 2 amide bonds. The molecule has 13 heteroatoms. The van der Waals surface area contributed by atoms with E-state index >= 15 is 0 Å². The Bertz CT molecular complexity index is 1310. The molecule has 1 heterocycles. The Kier molecular flexibility index (Phi) is 11.2. The summed E-state index contributed by atoms with van der Waals surface area (Å²) in [7, 11) is -4.96. The van der Waals surface area contributed by atoms with Crippen LogP contribution < -0.4 is 11.1 Å². The largest absolute Gasteiger partial charge is 0.362 e. The number of benzene rings is 2. The van der Waals surface area contributed by atoms with Gasteiger partial charge in [0, 0.05) is 29.7 Å². The highest BCUT2D eigenvalue weighted by Crippen LogP contribution is 2.28. The van der Waals surface area contributed by atoms with Crippen LogP contribution in [0.25, 0.3) is 0 Å². The molecule has 1 unspecified atom stereocenters. The third-order valence-electron chi connectivity index (χ3n) is 5.51.